The third-order valence-corrected chi connectivity index (χ3v) is 1.10. The molecule has 0 amide bonds. The number of aromatic hydroxyl groups is 1. The van der Waals surface area contributed by atoms with Gasteiger partial charge in [0.1, 0.15) is 5.75 Å². The number of phenolic OH excluding ortho intramolecular Hbond substituents is 1. The van der Waals surface area contributed by atoms with Crippen LogP contribution >= 0.6 is 0 Å². The zero-order valence-corrected chi connectivity index (χ0v) is 7.14. The molecule has 0 saturated heterocycles. The molecule has 0 saturated carbocycles. The maximum absolute atomic E-state index is 8.63. The fourth-order valence-corrected chi connectivity index (χ4v) is 0.428. The number of aliphatic hydroxyl groups excluding tert-OH is 1. The lowest BCUT2D eigenvalue weighted by molar-refractivity contribution is 0.203. The Bertz CT molecular complexity index is 187. The minimum absolute atomic E-state index is 0.322. The Morgan fingerprint density at radius 2 is 1.75 bits per heavy atom. The fraction of sp³-hybridized carbons (Fsp3) is 0.333. The molecular formula is C9H15NO2. The molecule has 0 aliphatic heterocycles. The van der Waals surface area contributed by atoms with E-state index in [1.54, 1.807) is 31.2 Å². The lowest BCUT2D eigenvalue weighted by Crippen LogP contribution is -2.14. The molecule has 0 fully saturated rings. The van der Waals surface area contributed by atoms with E-state index in [0.29, 0.717) is 12.3 Å². The van der Waals surface area contributed by atoms with Crippen LogP contribution in [0.3, 0.4) is 0 Å². The highest BCUT2D eigenvalue weighted by atomic mass is 16.3. The molecule has 12 heavy (non-hydrogen) atoms. The minimum Gasteiger partial charge on any atom is -0.508 e. The summed E-state index contributed by atoms with van der Waals surface area (Å²) in [7, 11) is 0. The van der Waals surface area contributed by atoms with Gasteiger partial charge in [0.05, 0.1) is 6.10 Å². The van der Waals surface area contributed by atoms with Gasteiger partial charge in [0.2, 0.25) is 0 Å². The van der Waals surface area contributed by atoms with Crippen LogP contribution in [0.1, 0.15) is 6.92 Å². The van der Waals surface area contributed by atoms with Gasteiger partial charge in [-0.15, -0.1) is 0 Å². The van der Waals surface area contributed by atoms with E-state index in [0.717, 1.165) is 0 Å². The number of benzene rings is 1. The first-order chi connectivity index (χ1) is 5.66. The van der Waals surface area contributed by atoms with Crippen LogP contribution in [0, 0.1) is 0 Å². The number of rotatable bonds is 1. The Hall–Kier alpha value is -1.06. The summed E-state index contributed by atoms with van der Waals surface area (Å²) < 4.78 is 0. The summed E-state index contributed by atoms with van der Waals surface area (Å²) in [4.78, 5) is 0. The van der Waals surface area contributed by atoms with E-state index in [1.165, 1.54) is 0 Å². The van der Waals surface area contributed by atoms with Gasteiger partial charge >= 0.3 is 0 Å². The van der Waals surface area contributed by atoms with Gasteiger partial charge in [0.25, 0.3) is 0 Å². The average molecular weight is 169 g/mol. The molecule has 0 aliphatic rings. The number of phenols is 1. The summed E-state index contributed by atoms with van der Waals surface area (Å²) in [5, 5.41) is 16.9. The molecule has 3 nitrogen and oxygen atoms in total. The van der Waals surface area contributed by atoms with Crippen molar-refractivity contribution in [3.05, 3.63) is 30.3 Å². The smallest absolute Gasteiger partial charge is 0.115 e. The van der Waals surface area contributed by atoms with Crippen molar-refractivity contribution in [2.75, 3.05) is 6.54 Å². The molecule has 0 aromatic heterocycles. The van der Waals surface area contributed by atoms with Crippen LogP contribution < -0.4 is 5.73 Å². The van der Waals surface area contributed by atoms with E-state index in [4.69, 9.17) is 15.9 Å². The average Bonchev–Trinajstić information content (AvgIpc) is 2.07. The molecule has 0 heterocycles. The first kappa shape index (κ1) is 10.9. The molecular weight excluding hydrogens is 154 g/mol. The van der Waals surface area contributed by atoms with Gasteiger partial charge < -0.3 is 15.9 Å². The van der Waals surface area contributed by atoms with Crippen molar-refractivity contribution < 1.29 is 10.2 Å². The highest BCUT2D eigenvalue weighted by Crippen LogP contribution is 2.02. The maximum atomic E-state index is 8.63. The molecule has 0 bridgehead atoms. The zero-order valence-electron chi connectivity index (χ0n) is 7.14. The summed E-state index contributed by atoms with van der Waals surface area (Å²) in [6, 6.07) is 8.71. The van der Waals surface area contributed by atoms with Gasteiger partial charge in [0.15, 0.2) is 0 Å². The van der Waals surface area contributed by atoms with Gasteiger partial charge in [-0.1, -0.05) is 18.2 Å². The molecule has 1 unspecified atom stereocenters. The van der Waals surface area contributed by atoms with Crippen LogP contribution in [0.15, 0.2) is 30.3 Å². The first-order valence-corrected chi connectivity index (χ1v) is 3.79. The van der Waals surface area contributed by atoms with Crippen molar-refractivity contribution >= 4 is 0 Å². The van der Waals surface area contributed by atoms with Crippen LogP contribution in [-0.2, 0) is 0 Å². The Kier molecular flexibility index (Phi) is 6.05. The fourth-order valence-electron chi connectivity index (χ4n) is 0.428. The molecule has 0 spiro atoms. The molecule has 3 heteroatoms. The molecule has 0 aliphatic carbocycles. The summed E-state index contributed by atoms with van der Waals surface area (Å²) in [5.74, 6) is 0.322. The van der Waals surface area contributed by atoms with E-state index < -0.39 is 0 Å². The third-order valence-electron chi connectivity index (χ3n) is 1.10. The predicted molar refractivity (Wildman–Crippen MR) is 48.8 cm³/mol. The molecule has 1 aromatic carbocycles. The summed E-state index contributed by atoms with van der Waals surface area (Å²) >= 11 is 0. The van der Waals surface area contributed by atoms with E-state index in [1.807, 2.05) is 6.07 Å². The second kappa shape index (κ2) is 6.64. The van der Waals surface area contributed by atoms with Crippen LogP contribution in [0.2, 0.25) is 0 Å². The van der Waals surface area contributed by atoms with Crippen LogP contribution in [0.5, 0.6) is 5.75 Å². The van der Waals surface area contributed by atoms with Gasteiger partial charge in [-0.3, -0.25) is 0 Å². The van der Waals surface area contributed by atoms with Crippen molar-refractivity contribution in [1.29, 1.82) is 0 Å². The largest absolute Gasteiger partial charge is 0.508 e. The van der Waals surface area contributed by atoms with Gasteiger partial charge in [-0.2, -0.15) is 0 Å². The number of para-hydroxylation sites is 1. The molecule has 0 radical (unpaired) electrons. The Morgan fingerprint density at radius 3 is 1.92 bits per heavy atom. The standard InChI is InChI=1S/C6H6O.C3H9NO/c7-6-4-2-1-3-5-6;1-3(5)2-4/h1-5,7H;3,5H,2,4H2,1H3. The number of aliphatic hydroxyl groups is 1. The molecule has 68 valence electrons. The number of hydrogen-bond acceptors (Lipinski definition) is 3. The van der Waals surface area contributed by atoms with Crippen molar-refractivity contribution in [2.45, 2.75) is 13.0 Å². The summed E-state index contributed by atoms with van der Waals surface area (Å²) in [6.45, 7) is 2.01. The van der Waals surface area contributed by atoms with Crippen LogP contribution in [0.4, 0.5) is 0 Å². The summed E-state index contributed by atoms with van der Waals surface area (Å²) in [5.41, 5.74) is 4.92. The van der Waals surface area contributed by atoms with E-state index in [-0.39, 0.29) is 6.10 Å². The van der Waals surface area contributed by atoms with Crippen molar-refractivity contribution in [2.24, 2.45) is 5.73 Å². The molecule has 1 aromatic rings. The van der Waals surface area contributed by atoms with Gasteiger partial charge in [-0.05, 0) is 19.1 Å². The predicted octanol–water partition coefficient (Wildman–Crippen LogP) is 0.718. The van der Waals surface area contributed by atoms with Crippen LogP contribution in [-0.4, -0.2) is 22.9 Å². The van der Waals surface area contributed by atoms with E-state index >= 15 is 0 Å². The first-order valence-electron chi connectivity index (χ1n) is 3.79. The maximum Gasteiger partial charge on any atom is 0.115 e. The Morgan fingerprint density at radius 1 is 1.33 bits per heavy atom. The third kappa shape index (κ3) is 7.05. The highest BCUT2D eigenvalue weighted by molar-refractivity contribution is 5.18. The van der Waals surface area contributed by atoms with Crippen LogP contribution in [0.25, 0.3) is 0 Å². The van der Waals surface area contributed by atoms with Gasteiger partial charge in [0, 0.05) is 6.54 Å². The zero-order chi connectivity index (χ0) is 9.40. The van der Waals surface area contributed by atoms with Crippen molar-refractivity contribution in [3.63, 3.8) is 0 Å². The van der Waals surface area contributed by atoms with Gasteiger partial charge in [-0.25, -0.2) is 0 Å². The lowest BCUT2D eigenvalue weighted by atomic mass is 10.3. The normalized spacial score (nSPS) is 11.2. The number of nitrogens with two attached hydrogens (primary N) is 1. The Balaban J connectivity index is 0.000000217. The molecule has 4 N–H and O–H groups in total. The van der Waals surface area contributed by atoms with E-state index in [2.05, 4.69) is 0 Å². The quantitative estimate of drug-likeness (QED) is 0.580. The molecule has 1 rings (SSSR count). The second-order valence-corrected chi connectivity index (χ2v) is 2.42. The Labute approximate surface area is 72.5 Å². The second-order valence-electron chi connectivity index (χ2n) is 2.42. The SMILES string of the molecule is CC(O)CN.Oc1ccccc1. The number of hydrogen-bond donors (Lipinski definition) is 3. The van der Waals surface area contributed by atoms with E-state index in [9.17, 15) is 0 Å². The lowest BCUT2D eigenvalue weighted by Gasteiger charge is -1.91. The topological polar surface area (TPSA) is 66.5 Å². The summed E-state index contributed by atoms with van der Waals surface area (Å²) in [6.07, 6.45) is -0.338. The monoisotopic (exact) mass is 169 g/mol. The minimum atomic E-state index is -0.338. The molecule has 1 atom stereocenters. The van der Waals surface area contributed by atoms with Crippen molar-refractivity contribution in [1.82, 2.24) is 0 Å². The van der Waals surface area contributed by atoms with Crippen molar-refractivity contribution in [3.8, 4) is 5.75 Å². The highest BCUT2D eigenvalue weighted by Gasteiger charge is 1.81.